The summed E-state index contributed by atoms with van der Waals surface area (Å²) >= 11 is 0. The molecule has 0 saturated heterocycles. The number of nitrogens with zero attached hydrogens (tertiary/aromatic N) is 1. The molecule has 0 radical (unpaired) electrons. The Morgan fingerprint density at radius 3 is 2.38 bits per heavy atom. The van der Waals surface area contributed by atoms with Gasteiger partial charge in [0.15, 0.2) is 5.58 Å². The van der Waals surface area contributed by atoms with Crippen molar-refractivity contribution in [1.82, 2.24) is 4.57 Å². The molecule has 0 aliphatic heterocycles. The van der Waals surface area contributed by atoms with E-state index in [-0.39, 0.29) is 16.2 Å². The first-order valence-corrected chi connectivity index (χ1v) is 8.52. The van der Waals surface area contributed by atoms with Gasteiger partial charge >= 0.3 is 12.1 Å². The summed E-state index contributed by atoms with van der Waals surface area (Å²) in [4.78, 5) is 11.3. The molecular formula is C15H11F3N2O5S. The minimum atomic E-state index is -4.84. The second-order valence-electron chi connectivity index (χ2n) is 5.23. The fourth-order valence-electron chi connectivity index (χ4n) is 2.22. The summed E-state index contributed by atoms with van der Waals surface area (Å²) in [5, 5.41) is 0. The minimum Gasteiger partial charge on any atom is -0.408 e. The summed E-state index contributed by atoms with van der Waals surface area (Å²) in [7, 11) is -2.56. The number of hydrogen-bond acceptors (Lipinski definition) is 5. The van der Waals surface area contributed by atoms with Gasteiger partial charge < -0.3 is 9.15 Å². The van der Waals surface area contributed by atoms with Crippen molar-refractivity contribution in [3.63, 3.8) is 0 Å². The number of hydrogen-bond donors (Lipinski definition) is 1. The van der Waals surface area contributed by atoms with Gasteiger partial charge in [-0.05, 0) is 36.4 Å². The zero-order valence-corrected chi connectivity index (χ0v) is 13.9. The number of fused-ring (bicyclic) bond motifs is 1. The summed E-state index contributed by atoms with van der Waals surface area (Å²) in [5.74, 6) is -1.12. The minimum absolute atomic E-state index is 0.0362. The maximum atomic E-state index is 12.4. The van der Waals surface area contributed by atoms with E-state index in [0.29, 0.717) is 5.52 Å². The molecule has 0 aliphatic rings. The van der Waals surface area contributed by atoms with Crippen LogP contribution < -0.4 is 15.2 Å². The Labute approximate surface area is 144 Å². The number of nitrogens with one attached hydrogen (secondary N) is 1. The number of anilines is 1. The SMILES string of the molecule is Cn1c(=O)oc2cc(S(=O)(=O)Nc3ccc(OC(F)(F)F)cc3)ccc21. The Morgan fingerprint density at radius 2 is 1.77 bits per heavy atom. The summed E-state index contributed by atoms with van der Waals surface area (Å²) in [5.41, 5.74) is 0.547. The van der Waals surface area contributed by atoms with Gasteiger partial charge in [0.25, 0.3) is 10.0 Å². The fourth-order valence-corrected chi connectivity index (χ4v) is 3.29. The van der Waals surface area contributed by atoms with E-state index in [9.17, 15) is 26.4 Å². The van der Waals surface area contributed by atoms with Crippen LogP contribution in [0.3, 0.4) is 0 Å². The molecule has 0 fully saturated rings. The number of alkyl halides is 3. The van der Waals surface area contributed by atoms with Crippen LogP contribution in [0.5, 0.6) is 5.75 Å². The van der Waals surface area contributed by atoms with Crippen LogP contribution in [0.2, 0.25) is 0 Å². The van der Waals surface area contributed by atoms with Gasteiger partial charge in [0.1, 0.15) is 5.75 Å². The smallest absolute Gasteiger partial charge is 0.408 e. The topological polar surface area (TPSA) is 90.5 Å². The maximum absolute atomic E-state index is 12.4. The normalized spacial score (nSPS) is 12.3. The standard InChI is InChI=1S/C15H11F3N2O5S/c1-20-12-7-6-11(8-13(12)24-14(20)21)26(22,23)19-9-2-4-10(5-3-9)25-15(16,17)18/h2-8,19H,1H3. The number of halogens is 3. The van der Waals surface area contributed by atoms with Gasteiger partial charge in [-0.25, -0.2) is 13.2 Å². The zero-order chi connectivity index (χ0) is 19.1. The first-order chi connectivity index (χ1) is 12.0. The Hall–Kier alpha value is -2.95. The van der Waals surface area contributed by atoms with Crippen molar-refractivity contribution in [2.45, 2.75) is 11.3 Å². The number of sulfonamides is 1. The Balaban J connectivity index is 1.86. The van der Waals surface area contributed by atoms with Gasteiger partial charge in [0.05, 0.1) is 10.4 Å². The molecule has 0 amide bonds. The highest BCUT2D eigenvalue weighted by Gasteiger charge is 2.31. The third kappa shape index (κ3) is 3.67. The number of rotatable bonds is 4. The van der Waals surface area contributed by atoms with Gasteiger partial charge in [-0.2, -0.15) is 0 Å². The van der Waals surface area contributed by atoms with E-state index in [1.54, 1.807) is 0 Å². The zero-order valence-electron chi connectivity index (χ0n) is 13.1. The van der Waals surface area contributed by atoms with E-state index in [0.717, 1.165) is 24.3 Å². The molecule has 11 heteroatoms. The van der Waals surface area contributed by atoms with Crippen LogP contribution in [0.4, 0.5) is 18.9 Å². The van der Waals surface area contributed by atoms with E-state index in [2.05, 4.69) is 9.46 Å². The maximum Gasteiger partial charge on any atom is 0.573 e. The van der Waals surface area contributed by atoms with Gasteiger partial charge in [-0.15, -0.1) is 13.2 Å². The number of aryl methyl sites for hydroxylation is 1. The predicted molar refractivity (Wildman–Crippen MR) is 85.4 cm³/mol. The molecule has 0 saturated carbocycles. The van der Waals surface area contributed by atoms with Gasteiger partial charge in [-0.1, -0.05) is 0 Å². The summed E-state index contributed by atoms with van der Waals surface area (Å²) < 4.78 is 73.3. The molecule has 7 nitrogen and oxygen atoms in total. The summed E-state index contributed by atoms with van der Waals surface area (Å²) in [6, 6.07) is 8.07. The van der Waals surface area contributed by atoms with Crippen LogP contribution in [0.15, 0.2) is 56.6 Å². The molecule has 0 bridgehead atoms. The van der Waals surface area contributed by atoms with Crippen molar-refractivity contribution in [1.29, 1.82) is 0 Å². The van der Waals surface area contributed by atoms with Crippen LogP contribution in [-0.4, -0.2) is 19.3 Å². The lowest BCUT2D eigenvalue weighted by molar-refractivity contribution is -0.274. The molecule has 26 heavy (non-hydrogen) atoms. The van der Waals surface area contributed by atoms with E-state index in [1.165, 1.54) is 29.8 Å². The highest BCUT2D eigenvalue weighted by Crippen LogP contribution is 2.25. The van der Waals surface area contributed by atoms with Crippen LogP contribution in [-0.2, 0) is 17.1 Å². The number of benzene rings is 2. The van der Waals surface area contributed by atoms with Crippen molar-refractivity contribution in [2.24, 2.45) is 7.05 Å². The molecule has 3 rings (SSSR count). The largest absolute Gasteiger partial charge is 0.573 e. The van der Waals surface area contributed by atoms with E-state index < -0.39 is 27.9 Å². The lowest BCUT2D eigenvalue weighted by Gasteiger charge is -2.11. The van der Waals surface area contributed by atoms with Crippen LogP contribution in [0, 0.1) is 0 Å². The quantitative estimate of drug-likeness (QED) is 0.742. The van der Waals surface area contributed by atoms with Gasteiger partial charge in [0.2, 0.25) is 0 Å². The Bertz CT molecular complexity index is 1110. The molecule has 0 atom stereocenters. The second kappa shape index (κ2) is 6.09. The lowest BCUT2D eigenvalue weighted by Crippen LogP contribution is -2.17. The second-order valence-corrected chi connectivity index (χ2v) is 6.92. The molecule has 0 unspecified atom stereocenters. The van der Waals surface area contributed by atoms with Crippen LogP contribution in [0.25, 0.3) is 11.1 Å². The molecular weight excluding hydrogens is 377 g/mol. The third-order valence-electron chi connectivity index (χ3n) is 3.41. The molecule has 1 heterocycles. The van der Waals surface area contributed by atoms with E-state index in [4.69, 9.17) is 4.42 Å². The van der Waals surface area contributed by atoms with Crippen molar-refractivity contribution in [3.05, 3.63) is 53.0 Å². The van der Waals surface area contributed by atoms with Crippen molar-refractivity contribution in [3.8, 4) is 5.75 Å². The summed E-state index contributed by atoms with van der Waals surface area (Å²) in [6.07, 6.45) is -4.84. The van der Waals surface area contributed by atoms with Gasteiger partial charge in [0, 0.05) is 18.8 Å². The monoisotopic (exact) mass is 388 g/mol. The van der Waals surface area contributed by atoms with Gasteiger partial charge in [-0.3, -0.25) is 9.29 Å². The van der Waals surface area contributed by atoms with E-state index in [1.807, 2.05) is 0 Å². The van der Waals surface area contributed by atoms with Crippen LogP contribution >= 0.6 is 0 Å². The Kier molecular flexibility index (Phi) is 4.18. The highest BCUT2D eigenvalue weighted by atomic mass is 32.2. The molecule has 1 N–H and O–H groups in total. The predicted octanol–water partition coefficient (Wildman–Crippen LogP) is 2.83. The molecule has 1 aromatic heterocycles. The number of ether oxygens (including phenoxy) is 1. The summed E-state index contributed by atoms with van der Waals surface area (Å²) in [6.45, 7) is 0. The lowest BCUT2D eigenvalue weighted by atomic mass is 10.3. The van der Waals surface area contributed by atoms with Crippen LogP contribution in [0.1, 0.15) is 0 Å². The first-order valence-electron chi connectivity index (χ1n) is 7.03. The Morgan fingerprint density at radius 1 is 1.12 bits per heavy atom. The van der Waals surface area contributed by atoms with Crippen molar-refractivity contribution >= 4 is 26.8 Å². The number of aromatic nitrogens is 1. The molecule has 0 aliphatic carbocycles. The molecule has 2 aromatic carbocycles. The third-order valence-corrected chi connectivity index (χ3v) is 4.79. The first kappa shape index (κ1) is 17.9. The molecule has 0 spiro atoms. The van der Waals surface area contributed by atoms with E-state index >= 15 is 0 Å². The van der Waals surface area contributed by atoms with Crippen molar-refractivity contribution in [2.75, 3.05) is 4.72 Å². The number of oxazole rings is 1. The molecule has 138 valence electrons. The highest BCUT2D eigenvalue weighted by molar-refractivity contribution is 7.92. The fraction of sp³-hybridized carbons (Fsp3) is 0.133. The van der Waals surface area contributed by atoms with Crippen molar-refractivity contribution < 1.29 is 30.7 Å². The molecule has 3 aromatic rings. The average Bonchev–Trinajstić information content (AvgIpc) is 2.82. The average molecular weight is 388 g/mol.